The van der Waals surface area contributed by atoms with Crippen molar-refractivity contribution in [3.05, 3.63) is 78.5 Å². The zero-order valence-corrected chi connectivity index (χ0v) is 18.3. The number of nitrogens with zero attached hydrogens (tertiary/aromatic N) is 5. The first-order valence-electron chi connectivity index (χ1n) is 11.5. The van der Waals surface area contributed by atoms with E-state index in [-0.39, 0.29) is 11.9 Å². The highest BCUT2D eigenvalue weighted by molar-refractivity contribution is 5.82. The number of likely N-dealkylation sites (tertiary alicyclic amines) is 1. The zero-order chi connectivity index (χ0) is 21.8. The summed E-state index contributed by atoms with van der Waals surface area (Å²) in [4.78, 5) is 29.2. The van der Waals surface area contributed by atoms with Gasteiger partial charge in [0.15, 0.2) is 5.82 Å². The van der Waals surface area contributed by atoms with Crippen molar-refractivity contribution in [3.8, 4) is 11.4 Å². The molecule has 6 heteroatoms. The normalized spacial score (nSPS) is 19.3. The molecule has 1 aromatic heterocycles. The third-order valence-corrected chi connectivity index (χ3v) is 6.47. The Hall–Kier alpha value is -3.25. The number of rotatable bonds is 5. The molecule has 2 fully saturated rings. The van der Waals surface area contributed by atoms with E-state index in [4.69, 9.17) is 4.98 Å². The van der Waals surface area contributed by atoms with E-state index in [0.29, 0.717) is 0 Å². The SMILES string of the molecule is O=C(C1CCCN1Cc1ccccc1)N1CCN(c2ccnc(-c3ccccc3)n2)CC1. The lowest BCUT2D eigenvalue weighted by molar-refractivity contribution is -0.136. The summed E-state index contributed by atoms with van der Waals surface area (Å²) >= 11 is 0. The van der Waals surface area contributed by atoms with Crippen LogP contribution in [0.3, 0.4) is 0 Å². The lowest BCUT2D eigenvalue weighted by Gasteiger charge is -2.38. The molecule has 0 aliphatic carbocycles. The van der Waals surface area contributed by atoms with Crippen LogP contribution >= 0.6 is 0 Å². The van der Waals surface area contributed by atoms with Gasteiger partial charge in [-0.1, -0.05) is 60.7 Å². The maximum absolute atomic E-state index is 13.3. The van der Waals surface area contributed by atoms with Crippen molar-refractivity contribution in [1.29, 1.82) is 0 Å². The van der Waals surface area contributed by atoms with Crippen molar-refractivity contribution in [2.75, 3.05) is 37.6 Å². The Morgan fingerprint density at radius 2 is 1.59 bits per heavy atom. The molecule has 1 atom stereocenters. The van der Waals surface area contributed by atoms with Gasteiger partial charge >= 0.3 is 0 Å². The van der Waals surface area contributed by atoms with Crippen LogP contribution in [0, 0.1) is 0 Å². The number of benzene rings is 2. The maximum Gasteiger partial charge on any atom is 0.240 e. The molecule has 0 N–H and O–H groups in total. The molecule has 6 nitrogen and oxygen atoms in total. The van der Waals surface area contributed by atoms with Crippen LogP contribution in [0.4, 0.5) is 5.82 Å². The maximum atomic E-state index is 13.3. The van der Waals surface area contributed by atoms with Gasteiger partial charge in [-0.05, 0) is 31.0 Å². The molecule has 1 unspecified atom stereocenters. The van der Waals surface area contributed by atoms with Gasteiger partial charge in [0.1, 0.15) is 5.82 Å². The van der Waals surface area contributed by atoms with Crippen LogP contribution in [0.5, 0.6) is 0 Å². The van der Waals surface area contributed by atoms with Crippen LogP contribution in [-0.4, -0.2) is 64.4 Å². The van der Waals surface area contributed by atoms with Crippen molar-refractivity contribution >= 4 is 11.7 Å². The second kappa shape index (κ2) is 9.49. The highest BCUT2D eigenvalue weighted by atomic mass is 16.2. The molecule has 0 spiro atoms. The summed E-state index contributed by atoms with van der Waals surface area (Å²) < 4.78 is 0. The minimum Gasteiger partial charge on any atom is -0.353 e. The smallest absolute Gasteiger partial charge is 0.240 e. The number of hydrogen-bond acceptors (Lipinski definition) is 5. The number of carbonyl (C=O) groups excluding carboxylic acids is 1. The molecule has 2 aromatic carbocycles. The third-order valence-electron chi connectivity index (χ3n) is 6.47. The van der Waals surface area contributed by atoms with Crippen molar-refractivity contribution in [1.82, 2.24) is 19.8 Å². The van der Waals surface area contributed by atoms with E-state index in [1.165, 1.54) is 5.56 Å². The van der Waals surface area contributed by atoms with Gasteiger partial charge in [-0.3, -0.25) is 9.69 Å². The molecular weight excluding hydrogens is 398 g/mol. The fourth-order valence-electron chi connectivity index (χ4n) is 4.73. The molecule has 0 radical (unpaired) electrons. The Labute approximate surface area is 189 Å². The van der Waals surface area contributed by atoms with Gasteiger partial charge in [-0.2, -0.15) is 0 Å². The molecule has 3 heterocycles. The molecule has 2 aliphatic heterocycles. The summed E-state index contributed by atoms with van der Waals surface area (Å²) in [5.41, 5.74) is 2.29. The molecule has 2 saturated heterocycles. The number of amides is 1. The average Bonchev–Trinajstić information content (AvgIpc) is 3.33. The second-order valence-electron chi connectivity index (χ2n) is 8.53. The van der Waals surface area contributed by atoms with Gasteiger partial charge in [0, 0.05) is 44.5 Å². The number of carbonyl (C=O) groups is 1. The predicted octanol–water partition coefficient (Wildman–Crippen LogP) is 3.46. The van der Waals surface area contributed by atoms with Gasteiger partial charge in [-0.25, -0.2) is 9.97 Å². The number of anilines is 1. The molecule has 2 aliphatic rings. The van der Waals surface area contributed by atoms with Crippen LogP contribution in [0.25, 0.3) is 11.4 Å². The number of aromatic nitrogens is 2. The monoisotopic (exact) mass is 427 g/mol. The van der Waals surface area contributed by atoms with Crippen LogP contribution in [0.2, 0.25) is 0 Å². The van der Waals surface area contributed by atoms with Crippen molar-refractivity contribution in [2.24, 2.45) is 0 Å². The van der Waals surface area contributed by atoms with Gasteiger partial charge in [0.05, 0.1) is 6.04 Å². The highest BCUT2D eigenvalue weighted by Crippen LogP contribution is 2.24. The van der Waals surface area contributed by atoms with Gasteiger partial charge in [0.25, 0.3) is 0 Å². The highest BCUT2D eigenvalue weighted by Gasteiger charge is 2.34. The quantitative estimate of drug-likeness (QED) is 0.624. The summed E-state index contributed by atoms with van der Waals surface area (Å²) in [6, 6.07) is 22.5. The Balaban J connectivity index is 1.21. The number of piperazine rings is 1. The van der Waals surface area contributed by atoms with Crippen LogP contribution in [0.1, 0.15) is 18.4 Å². The fourth-order valence-corrected chi connectivity index (χ4v) is 4.73. The Morgan fingerprint density at radius 1 is 0.875 bits per heavy atom. The van der Waals surface area contributed by atoms with E-state index in [0.717, 1.165) is 69.3 Å². The minimum absolute atomic E-state index is 0.00508. The lowest BCUT2D eigenvalue weighted by Crippen LogP contribution is -2.53. The minimum atomic E-state index is 0.00508. The average molecular weight is 428 g/mol. The zero-order valence-electron chi connectivity index (χ0n) is 18.3. The Kier molecular flexibility index (Phi) is 6.12. The first kappa shape index (κ1) is 20.6. The standard InChI is InChI=1S/C26H29N5O/c32-26(23-12-7-15-31(23)20-21-8-3-1-4-9-21)30-18-16-29(17-19-30)24-13-14-27-25(28-24)22-10-5-2-6-11-22/h1-6,8-11,13-14,23H,7,12,15-20H2. The van der Waals surface area contributed by atoms with Crippen LogP contribution in [-0.2, 0) is 11.3 Å². The molecule has 32 heavy (non-hydrogen) atoms. The topological polar surface area (TPSA) is 52.6 Å². The molecule has 1 amide bonds. The first-order chi connectivity index (χ1) is 15.8. The summed E-state index contributed by atoms with van der Waals surface area (Å²) in [6.07, 6.45) is 3.87. The lowest BCUT2D eigenvalue weighted by atomic mass is 10.1. The van der Waals surface area contributed by atoms with Gasteiger partial charge in [-0.15, -0.1) is 0 Å². The van der Waals surface area contributed by atoms with Gasteiger partial charge in [0.2, 0.25) is 5.91 Å². The van der Waals surface area contributed by atoms with Crippen LogP contribution in [0.15, 0.2) is 72.9 Å². The molecule has 164 valence electrons. The molecular formula is C26H29N5O. The number of hydrogen-bond donors (Lipinski definition) is 0. The summed E-state index contributed by atoms with van der Waals surface area (Å²) in [7, 11) is 0. The van der Waals surface area contributed by atoms with Gasteiger partial charge < -0.3 is 9.80 Å². The Morgan fingerprint density at radius 3 is 2.34 bits per heavy atom. The van der Waals surface area contributed by atoms with E-state index in [9.17, 15) is 4.79 Å². The first-order valence-corrected chi connectivity index (χ1v) is 11.5. The van der Waals surface area contributed by atoms with Crippen molar-refractivity contribution in [2.45, 2.75) is 25.4 Å². The van der Waals surface area contributed by atoms with E-state index < -0.39 is 0 Å². The predicted molar refractivity (Wildman–Crippen MR) is 126 cm³/mol. The van der Waals surface area contributed by atoms with Crippen LogP contribution < -0.4 is 4.90 Å². The molecule has 3 aromatic rings. The second-order valence-corrected chi connectivity index (χ2v) is 8.53. The summed E-state index contributed by atoms with van der Waals surface area (Å²) in [6.45, 7) is 4.90. The molecule has 0 saturated carbocycles. The fraction of sp³-hybridized carbons (Fsp3) is 0.346. The summed E-state index contributed by atoms with van der Waals surface area (Å²) in [5, 5.41) is 0. The van der Waals surface area contributed by atoms with E-state index in [1.54, 1.807) is 0 Å². The van der Waals surface area contributed by atoms with E-state index in [2.05, 4.69) is 39.0 Å². The largest absolute Gasteiger partial charge is 0.353 e. The molecule has 5 rings (SSSR count). The summed E-state index contributed by atoms with van der Waals surface area (Å²) in [5.74, 6) is 1.95. The van der Waals surface area contributed by atoms with E-state index >= 15 is 0 Å². The third kappa shape index (κ3) is 4.50. The van der Waals surface area contributed by atoms with Crippen molar-refractivity contribution < 1.29 is 4.79 Å². The molecule has 0 bridgehead atoms. The van der Waals surface area contributed by atoms with E-state index in [1.807, 2.05) is 53.6 Å². The Bertz CT molecular complexity index is 1030. The van der Waals surface area contributed by atoms with Crippen molar-refractivity contribution in [3.63, 3.8) is 0 Å².